The quantitative estimate of drug-likeness (QED) is 0.664. The summed E-state index contributed by atoms with van der Waals surface area (Å²) in [6.45, 7) is 2.34. The number of carbonyl (C=O) groups excluding carboxylic acids is 2. The molecule has 8 heteroatoms. The van der Waals surface area contributed by atoms with Crippen LogP contribution < -0.4 is 10.1 Å². The molecule has 1 fully saturated rings. The van der Waals surface area contributed by atoms with E-state index in [0.717, 1.165) is 10.0 Å². The van der Waals surface area contributed by atoms with Crippen LogP contribution in [0.5, 0.6) is 5.75 Å². The lowest BCUT2D eigenvalue weighted by atomic mass is 9.95. The zero-order valence-corrected chi connectivity index (χ0v) is 16.9. The molecule has 0 saturated carbocycles. The number of aliphatic carboxylic acids is 1. The molecular weight excluding hydrogens is 416 g/mol. The summed E-state index contributed by atoms with van der Waals surface area (Å²) < 4.78 is 6.17. The largest absolute Gasteiger partial charge is 0.496 e. The molecule has 1 aromatic rings. The Morgan fingerprint density at radius 1 is 1.33 bits per heavy atom. The minimum atomic E-state index is -1.07. The van der Waals surface area contributed by atoms with Gasteiger partial charge in [0.05, 0.1) is 7.11 Å². The lowest BCUT2D eigenvalue weighted by Gasteiger charge is -2.31. The Kier molecular flexibility index (Phi) is 7.41. The second-order valence-electron chi connectivity index (χ2n) is 6.39. The molecule has 7 nitrogen and oxygen atoms in total. The highest BCUT2D eigenvalue weighted by Crippen LogP contribution is 2.24. The third-order valence-electron chi connectivity index (χ3n) is 4.50. The van der Waals surface area contributed by atoms with Crippen LogP contribution in [0.4, 0.5) is 0 Å². The lowest BCUT2D eigenvalue weighted by Crippen LogP contribution is -2.46. The summed E-state index contributed by atoms with van der Waals surface area (Å²) in [5.41, 5.74) is 0.789. The van der Waals surface area contributed by atoms with Crippen LogP contribution in [0, 0.1) is 5.92 Å². The van der Waals surface area contributed by atoms with Crippen molar-refractivity contribution in [3.63, 3.8) is 0 Å². The van der Waals surface area contributed by atoms with Crippen LogP contribution in [0.3, 0.4) is 0 Å². The highest BCUT2D eigenvalue weighted by Gasteiger charge is 2.28. The summed E-state index contributed by atoms with van der Waals surface area (Å²) in [4.78, 5) is 37.0. The topological polar surface area (TPSA) is 95.9 Å². The number of likely N-dealkylation sites (tertiary alicyclic amines) is 1. The van der Waals surface area contributed by atoms with E-state index in [1.54, 1.807) is 18.1 Å². The van der Waals surface area contributed by atoms with Crippen LogP contribution in [-0.4, -0.2) is 54.0 Å². The Hall–Kier alpha value is -2.35. The van der Waals surface area contributed by atoms with E-state index < -0.39 is 12.0 Å². The van der Waals surface area contributed by atoms with Crippen LogP contribution in [0.25, 0.3) is 6.08 Å². The van der Waals surface area contributed by atoms with Gasteiger partial charge in [0.1, 0.15) is 11.8 Å². The highest BCUT2D eigenvalue weighted by atomic mass is 79.9. The van der Waals surface area contributed by atoms with Crippen LogP contribution >= 0.6 is 15.9 Å². The second-order valence-corrected chi connectivity index (χ2v) is 7.30. The Morgan fingerprint density at radius 2 is 2.00 bits per heavy atom. The molecule has 1 aliphatic rings. The molecule has 0 radical (unpaired) electrons. The van der Waals surface area contributed by atoms with Gasteiger partial charge in [0, 0.05) is 35.1 Å². The SMILES string of the molecule is COc1ccc(Br)cc1C=CC(=O)N1CCC(C(=O)NC(C)C(=O)O)CC1. The Bertz CT molecular complexity index is 742. The van der Waals surface area contributed by atoms with Gasteiger partial charge in [-0.2, -0.15) is 0 Å². The number of methoxy groups -OCH3 is 1. The summed E-state index contributed by atoms with van der Waals surface area (Å²) in [5.74, 6) is -1.07. The van der Waals surface area contributed by atoms with Gasteiger partial charge in [-0.25, -0.2) is 0 Å². The van der Waals surface area contributed by atoms with Crippen LogP contribution in [0.15, 0.2) is 28.7 Å². The standard InChI is InChI=1S/C19H23BrN2O5/c1-12(19(25)26)21-18(24)13-7-9-22(10-8-13)17(23)6-3-14-11-15(20)4-5-16(14)27-2/h3-6,11-13H,7-10H2,1-2H3,(H,21,24)(H,25,26). The van der Waals surface area contributed by atoms with E-state index in [2.05, 4.69) is 21.2 Å². The van der Waals surface area contributed by atoms with Crippen molar-refractivity contribution >= 4 is 39.8 Å². The molecule has 2 rings (SSSR count). The first kappa shape index (κ1) is 21.0. The molecule has 2 amide bonds. The summed E-state index contributed by atoms with van der Waals surface area (Å²) in [7, 11) is 1.57. The summed E-state index contributed by atoms with van der Waals surface area (Å²) in [5, 5.41) is 11.3. The Morgan fingerprint density at radius 3 is 2.59 bits per heavy atom. The molecule has 27 heavy (non-hydrogen) atoms. The molecular formula is C19H23BrN2O5. The van der Waals surface area contributed by atoms with Gasteiger partial charge in [-0.1, -0.05) is 15.9 Å². The van der Waals surface area contributed by atoms with Crippen LogP contribution in [0.1, 0.15) is 25.3 Å². The molecule has 146 valence electrons. The average Bonchev–Trinajstić information content (AvgIpc) is 2.66. The first-order valence-electron chi connectivity index (χ1n) is 8.65. The molecule has 2 N–H and O–H groups in total. The zero-order chi connectivity index (χ0) is 20.0. The van der Waals surface area contributed by atoms with Crippen molar-refractivity contribution in [1.29, 1.82) is 0 Å². The van der Waals surface area contributed by atoms with Gasteiger partial charge < -0.3 is 20.1 Å². The first-order valence-corrected chi connectivity index (χ1v) is 9.44. The fourth-order valence-electron chi connectivity index (χ4n) is 2.86. The number of ether oxygens (including phenoxy) is 1. The summed E-state index contributed by atoms with van der Waals surface area (Å²) >= 11 is 3.40. The monoisotopic (exact) mass is 438 g/mol. The number of hydrogen-bond donors (Lipinski definition) is 2. The predicted molar refractivity (Wildman–Crippen MR) is 104 cm³/mol. The third kappa shape index (κ3) is 5.82. The first-order chi connectivity index (χ1) is 12.8. The molecule has 0 aliphatic carbocycles. The molecule has 0 bridgehead atoms. The van der Waals surface area contributed by atoms with Crippen molar-refractivity contribution in [2.24, 2.45) is 5.92 Å². The van der Waals surface area contributed by atoms with Gasteiger partial charge in [-0.05, 0) is 44.0 Å². The Labute approximate surface area is 166 Å². The van der Waals surface area contributed by atoms with Crippen molar-refractivity contribution in [3.05, 3.63) is 34.3 Å². The van der Waals surface area contributed by atoms with E-state index in [-0.39, 0.29) is 17.7 Å². The van der Waals surface area contributed by atoms with E-state index in [0.29, 0.717) is 31.7 Å². The van der Waals surface area contributed by atoms with Crippen LogP contribution in [0.2, 0.25) is 0 Å². The number of carbonyl (C=O) groups is 3. The molecule has 1 aliphatic heterocycles. The summed E-state index contributed by atoms with van der Waals surface area (Å²) in [6, 6.07) is 4.62. The number of carboxylic acid groups (broad SMARTS) is 1. The van der Waals surface area contributed by atoms with E-state index in [1.807, 2.05) is 18.2 Å². The number of piperidine rings is 1. The van der Waals surface area contributed by atoms with Crippen molar-refractivity contribution in [2.75, 3.05) is 20.2 Å². The minimum absolute atomic E-state index is 0.130. The highest BCUT2D eigenvalue weighted by molar-refractivity contribution is 9.10. The molecule has 1 heterocycles. The second kappa shape index (κ2) is 9.55. The third-order valence-corrected chi connectivity index (χ3v) is 5.00. The molecule has 1 atom stereocenters. The number of halogens is 1. The molecule has 1 aromatic carbocycles. The van der Waals surface area contributed by atoms with Crippen molar-refractivity contribution < 1.29 is 24.2 Å². The van der Waals surface area contributed by atoms with Crippen LogP contribution in [-0.2, 0) is 14.4 Å². The molecule has 0 spiro atoms. The van der Waals surface area contributed by atoms with E-state index in [9.17, 15) is 14.4 Å². The smallest absolute Gasteiger partial charge is 0.325 e. The van der Waals surface area contributed by atoms with Gasteiger partial charge >= 0.3 is 5.97 Å². The molecule has 1 saturated heterocycles. The number of nitrogens with zero attached hydrogens (tertiary/aromatic N) is 1. The fraction of sp³-hybridized carbons (Fsp3) is 0.421. The molecule has 1 unspecified atom stereocenters. The van der Waals surface area contributed by atoms with Crippen molar-refractivity contribution in [1.82, 2.24) is 10.2 Å². The van der Waals surface area contributed by atoms with Gasteiger partial charge in [0.25, 0.3) is 0 Å². The van der Waals surface area contributed by atoms with Crippen molar-refractivity contribution in [2.45, 2.75) is 25.8 Å². The number of rotatable bonds is 6. The maximum Gasteiger partial charge on any atom is 0.325 e. The lowest BCUT2D eigenvalue weighted by molar-refractivity contribution is -0.142. The van der Waals surface area contributed by atoms with Gasteiger partial charge in [-0.3, -0.25) is 14.4 Å². The van der Waals surface area contributed by atoms with Crippen molar-refractivity contribution in [3.8, 4) is 5.75 Å². The summed E-state index contributed by atoms with van der Waals surface area (Å²) in [6.07, 6.45) is 4.23. The van der Waals surface area contributed by atoms with E-state index >= 15 is 0 Å². The maximum atomic E-state index is 12.4. The van der Waals surface area contributed by atoms with Gasteiger partial charge in [0.15, 0.2) is 0 Å². The van der Waals surface area contributed by atoms with E-state index in [4.69, 9.17) is 9.84 Å². The fourth-order valence-corrected chi connectivity index (χ4v) is 3.24. The number of benzene rings is 1. The number of amides is 2. The maximum absolute atomic E-state index is 12.4. The van der Waals surface area contributed by atoms with Gasteiger partial charge in [0.2, 0.25) is 11.8 Å². The predicted octanol–water partition coefficient (Wildman–Crippen LogP) is 2.30. The average molecular weight is 439 g/mol. The van der Waals surface area contributed by atoms with E-state index in [1.165, 1.54) is 13.0 Å². The van der Waals surface area contributed by atoms with Gasteiger partial charge in [-0.15, -0.1) is 0 Å². The zero-order valence-electron chi connectivity index (χ0n) is 15.3. The number of carboxylic acids is 1. The number of nitrogens with one attached hydrogen (secondary N) is 1. The Balaban J connectivity index is 1.90. The number of hydrogen-bond acceptors (Lipinski definition) is 4. The normalized spacial score (nSPS) is 16.2. The molecule has 0 aromatic heterocycles. The minimum Gasteiger partial charge on any atom is -0.496 e.